The van der Waals surface area contributed by atoms with Gasteiger partial charge in [0, 0.05) is 16.8 Å². The number of amides is 2. The first-order chi connectivity index (χ1) is 13.7. The van der Waals surface area contributed by atoms with Crippen molar-refractivity contribution in [2.75, 3.05) is 10.6 Å². The van der Waals surface area contributed by atoms with E-state index in [0.29, 0.717) is 12.0 Å². The van der Waals surface area contributed by atoms with Crippen LogP contribution in [0.4, 0.5) is 11.4 Å². The van der Waals surface area contributed by atoms with Crippen LogP contribution in [0.1, 0.15) is 15.9 Å². The highest BCUT2D eigenvalue weighted by Crippen LogP contribution is 2.31. The summed E-state index contributed by atoms with van der Waals surface area (Å²) in [4.78, 5) is 23.8. The maximum atomic E-state index is 12.2. The molecule has 28 heavy (non-hydrogen) atoms. The van der Waals surface area contributed by atoms with E-state index in [0.717, 1.165) is 38.8 Å². The number of thiophene rings is 1. The number of anilines is 2. The van der Waals surface area contributed by atoms with Crippen LogP contribution in [0.15, 0.2) is 71.4 Å². The van der Waals surface area contributed by atoms with Crippen LogP contribution in [0.5, 0.6) is 0 Å². The number of hydrogen-bond donors (Lipinski definition) is 2. The molecular weight excluding hydrogens is 368 g/mol. The average Bonchev–Trinajstić information content (AvgIpc) is 3.36. The quantitative estimate of drug-likeness (QED) is 0.502. The molecule has 2 amide bonds. The molecule has 1 aliphatic heterocycles. The smallest absolute Gasteiger partial charge is 0.256 e. The molecule has 0 aliphatic carbocycles. The van der Waals surface area contributed by atoms with E-state index in [2.05, 4.69) is 34.9 Å². The van der Waals surface area contributed by atoms with Gasteiger partial charge in [0.05, 0.1) is 12.0 Å². The predicted octanol–water partition coefficient (Wildman–Crippen LogP) is 5.32. The molecule has 4 aromatic rings. The summed E-state index contributed by atoms with van der Waals surface area (Å²) in [7, 11) is 0. The number of fused-ring (bicyclic) bond motifs is 2. The summed E-state index contributed by atoms with van der Waals surface area (Å²) in [5.74, 6) is -0.0555. The average molecular weight is 384 g/mol. The topological polar surface area (TPSA) is 58.2 Å². The molecular formula is C23H16N2O2S. The summed E-state index contributed by atoms with van der Waals surface area (Å²) in [6.45, 7) is 0. The Kier molecular flexibility index (Phi) is 3.95. The second kappa shape index (κ2) is 6.62. The third-order valence-corrected chi connectivity index (χ3v) is 5.63. The van der Waals surface area contributed by atoms with Gasteiger partial charge >= 0.3 is 0 Å². The van der Waals surface area contributed by atoms with Crippen molar-refractivity contribution < 1.29 is 9.59 Å². The molecule has 2 N–H and O–H groups in total. The lowest BCUT2D eigenvalue weighted by molar-refractivity contribution is -0.115. The summed E-state index contributed by atoms with van der Waals surface area (Å²) in [5, 5.41) is 11.7. The number of benzene rings is 3. The highest BCUT2D eigenvalue weighted by Gasteiger charge is 2.17. The number of nitrogens with one attached hydrogen (secondary N) is 2. The number of hydrogen-bond acceptors (Lipinski definition) is 3. The highest BCUT2D eigenvalue weighted by atomic mass is 32.1. The van der Waals surface area contributed by atoms with E-state index in [1.807, 2.05) is 47.2 Å². The summed E-state index contributed by atoms with van der Waals surface area (Å²) in [6, 6.07) is 20.0. The molecule has 0 radical (unpaired) electrons. The van der Waals surface area contributed by atoms with Gasteiger partial charge in [-0.2, -0.15) is 11.3 Å². The van der Waals surface area contributed by atoms with E-state index < -0.39 is 0 Å². The van der Waals surface area contributed by atoms with E-state index in [1.165, 1.54) is 11.3 Å². The van der Waals surface area contributed by atoms with Gasteiger partial charge in [-0.15, -0.1) is 0 Å². The van der Waals surface area contributed by atoms with Crippen molar-refractivity contribution in [1.29, 1.82) is 0 Å². The third kappa shape index (κ3) is 3.06. The molecule has 2 heterocycles. The first-order valence-corrected chi connectivity index (χ1v) is 9.90. The lowest BCUT2D eigenvalue weighted by Crippen LogP contribution is -2.10. The Morgan fingerprint density at radius 2 is 1.71 bits per heavy atom. The van der Waals surface area contributed by atoms with Crippen LogP contribution in [0.25, 0.3) is 21.9 Å². The van der Waals surface area contributed by atoms with Crippen LogP contribution in [-0.2, 0) is 11.2 Å². The van der Waals surface area contributed by atoms with Crippen LogP contribution >= 0.6 is 11.3 Å². The Bertz CT molecular complexity index is 1230. The van der Waals surface area contributed by atoms with Crippen LogP contribution in [0.3, 0.4) is 0 Å². The lowest BCUT2D eigenvalue weighted by Gasteiger charge is -2.09. The van der Waals surface area contributed by atoms with Crippen molar-refractivity contribution in [2.24, 2.45) is 0 Å². The fourth-order valence-corrected chi connectivity index (χ4v) is 4.13. The van der Waals surface area contributed by atoms with Crippen molar-refractivity contribution in [3.05, 3.63) is 82.6 Å². The fourth-order valence-electron chi connectivity index (χ4n) is 3.49. The molecule has 0 saturated carbocycles. The van der Waals surface area contributed by atoms with E-state index in [9.17, 15) is 9.59 Å². The number of rotatable bonds is 3. The van der Waals surface area contributed by atoms with Gasteiger partial charge < -0.3 is 10.6 Å². The second-order valence-electron chi connectivity index (χ2n) is 6.84. The Labute approximate surface area is 165 Å². The van der Waals surface area contributed by atoms with E-state index in [1.54, 1.807) is 0 Å². The molecule has 0 unspecified atom stereocenters. The predicted molar refractivity (Wildman–Crippen MR) is 114 cm³/mol. The van der Waals surface area contributed by atoms with E-state index in [-0.39, 0.29) is 11.8 Å². The molecule has 5 rings (SSSR count). The maximum Gasteiger partial charge on any atom is 0.256 e. The fraction of sp³-hybridized carbons (Fsp3) is 0.0435. The van der Waals surface area contributed by atoms with Crippen molar-refractivity contribution in [3.63, 3.8) is 0 Å². The van der Waals surface area contributed by atoms with E-state index >= 15 is 0 Å². The summed E-state index contributed by atoms with van der Waals surface area (Å²) in [6.07, 6.45) is 0.452. The molecule has 0 spiro atoms. The minimum absolute atomic E-state index is 0.0442. The number of carbonyl (C=O) groups excluding carboxylic acids is 2. The van der Waals surface area contributed by atoms with Gasteiger partial charge in [0.1, 0.15) is 0 Å². The molecule has 136 valence electrons. The standard InChI is InChI=1S/C23H16N2O2S/c26-22-12-18-4-3-17(11-21(18)25-22)14-1-2-16-10-20(6-5-15(16)9-14)24-23(27)19-7-8-28-13-19/h1-11,13H,12H2,(H,24,27)(H,25,26). The van der Waals surface area contributed by atoms with Crippen LogP contribution in [0, 0.1) is 0 Å². The Hall–Kier alpha value is -3.44. The van der Waals surface area contributed by atoms with Crippen molar-refractivity contribution in [2.45, 2.75) is 6.42 Å². The molecule has 0 fully saturated rings. The summed E-state index contributed by atoms with van der Waals surface area (Å²) in [5.41, 5.74) is 5.54. The SMILES string of the molecule is O=C1Cc2ccc(-c3ccc4cc(NC(=O)c5ccsc5)ccc4c3)cc2N1. The van der Waals surface area contributed by atoms with Crippen molar-refractivity contribution >= 4 is 45.3 Å². The van der Waals surface area contributed by atoms with Gasteiger partial charge in [-0.3, -0.25) is 9.59 Å². The lowest BCUT2D eigenvalue weighted by atomic mass is 9.99. The molecule has 5 heteroatoms. The van der Waals surface area contributed by atoms with Gasteiger partial charge in [-0.1, -0.05) is 30.3 Å². The molecule has 0 atom stereocenters. The molecule has 4 nitrogen and oxygen atoms in total. The second-order valence-corrected chi connectivity index (χ2v) is 7.62. The van der Waals surface area contributed by atoms with E-state index in [4.69, 9.17) is 0 Å². The third-order valence-electron chi connectivity index (χ3n) is 4.95. The van der Waals surface area contributed by atoms with Crippen molar-refractivity contribution in [1.82, 2.24) is 0 Å². The van der Waals surface area contributed by atoms with Crippen LogP contribution in [-0.4, -0.2) is 11.8 Å². The normalized spacial score (nSPS) is 12.6. The zero-order chi connectivity index (χ0) is 19.1. The van der Waals surface area contributed by atoms with Gasteiger partial charge in [-0.25, -0.2) is 0 Å². The van der Waals surface area contributed by atoms with Gasteiger partial charge in [0.2, 0.25) is 5.91 Å². The van der Waals surface area contributed by atoms with Gasteiger partial charge in [0.25, 0.3) is 5.91 Å². The molecule has 1 aromatic heterocycles. The van der Waals surface area contributed by atoms with Gasteiger partial charge in [-0.05, 0) is 63.2 Å². The molecule has 0 bridgehead atoms. The van der Waals surface area contributed by atoms with Gasteiger partial charge in [0.15, 0.2) is 0 Å². The first-order valence-electron chi connectivity index (χ1n) is 8.96. The Balaban J connectivity index is 1.43. The largest absolute Gasteiger partial charge is 0.326 e. The minimum atomic E-state index is -0.0996. The summed E-state index contributed by atoms with van der Waals surface area (Å²) < 4.78 is 0. The number of carbonyl (C=O) groups is 2. The zero-order valence-corrected chi connectivity index (χ0v) is 15.7. The van der Waals surface area contributed by atoms with Crippen molar-refractivity contribution in [3.8, 4) is 11.1 Å². The molecule has 1 aliphatic rings. The van der Waals surface area contributed by atoms with Crippen LogP contribution < -0.4 is 10.6 Å². The maximum absolute atomic E-state index is 12.2. The first kappa shape index (κ1) is 16.7. The zero-order valence-electron chi connectivity index (χ0n) is 14.9. The van der Waals surface area contributed by atoms with Crippen LogP contribution in [0.2, 0.25) is 0 Å². The monoisotopic (exact) mass is 384 g/mol. The minimum Gasteiger partial charge on any atom is -0.326 e. The molecule has 3 aromatic carbocycles. The Morgan fingerprint density at radius 1 is 0.929 bits per heavy atom. The molecule has 0 saturated heterocycles. The highest BCUT2D eigenvalue weighted by molar-refractivity contribution is 7.08. The Morgan fingerprint density at radius 3 is 2.57 bits per heavy atom. The summed E-state index contributed by atoms with van der Waals surface area (Å²) >= 11 is 1.50.